The Balaban J connectivity index is 3.22. The van der Waals surface area contributed by atoms with Gasteiger partial charge in [-0.2, -0.15) is 5.26 Å². The number of nitriles is 1. The molecule has 70 valence electrons. The Labute approximate surface area is 78.3 Å². The molecule has 0 aliphatic heterocycles. The van der Waals surface area contributed by atoms with Crippen LogP contribution in [0, 0.1) is 23.7 Å². The molecule has 0 aliphatic rings. The van der Waals surface area contributed by atoms with Crippen LogP contribution in [0.4, 0.5) is 0 Å². The lowest BCUT2D eigenvalue weighted by Gasteiger charge is -2.02. The zero-order chi connectivity index (χ0) is 9.94. The minimum absolute atomic E-state index is 0.104. The Hall–Kier alpha value is -1.52. The van der Waals surface area contributed by atoms with Crippen LogP contribution in [-0.4, -0.2) is 25.5 Å². The van der Waals surface area contributed by atoms with Crippen molar-refractivity contribution in [2.24, 2.45) is 0 Å². The van der Waals surface area contributed by atoms with Crippen LogP contribution in [0.3, 0.4) is 0 Å². The number of terminal acetylenes is 1. The third kappa shape index (κ3) is 8.39. The lowest BCUT2D eigenvalue weighted by molar-refractivity contribution is -0.120. The first-order valence-corrected chi connectivity index (χ1v) is 4.09. The van der Waals surface area contributed by atoms with Crippen molar-refractivity contribution in [3.8, 4) is 18.4 Å². The maximum atomic E-state index is 10.9. The number of hydrogen-bond acceptors (Lipinski definition) is 3. The van der Waals surface area contributed by atoms with Crippen LogP contribution in [0.25, 0.3) is 0 Å². The first-order valence-electron chi connectivity index (χ1n) is 4.09. The summed E-state index contributed by atoms with van der Waals surface area (Å²) in [7, 11) is 0. The molecule has 1 amide bonds. The van der Waals surface area contributed by atoms with Gasteiger partial charge in [-0.3, -0.25) is 4.79 Å². The van der Waals surface area contributed by atoms with Gasteiger partial charge in [0.05, 0.1) is 19.0 Å². The summed E-state index contributed by atoms with van der Waals surface area (Å²) in [5.41, 5.74) is 0. The molecule has 0 bridgehead atoms. The summed E-state index contributed by atoms with van der Waals surface area (Å²) in [5, 5.41) is 13.6. The molecule has 0 fully saturated rings. The molecular formula is C9H13N3O. The highest BCUT2D eigenvalue weighted by Crippen LogP contribution is 1.73. The van der Waals surface area contributed by atoms with Crippen LogP contribution in [0.15, 0.2) is 0 Å². The Bertz CT molecular complexity index is 224. The number of nitrogens with zero attached hydrogens (tertiary/aromatic N) is 1. The van der Waals surface area contributed by atoms with E-state index in [2.05, 4.69) is 16.6 Å². The monoisotopic (exact) mass is 179 g/mol. The molecule has 0 rings (SSSR count). The van der Waals surface area contributed by atoms with Gasteiger partial charge in [-0.25, -0.2) is 0 Å². The van der Waals surface area contributed by atoms with Crippen molar-refractivity contribution in [1.29, 1.82) is 5.26 Å². The van der Waals surface area contributed by atoms with Crippen molar-refractivity contribution < 1.29 is 4.79 Å². The number of rotatable bonds is 6. The molecule has 0 radical (unpaired) electrons. The second kappa shape index (κ2) is 8.58. The van der Waals surface area contributed by atoms with E-state index >= 15 is 0 Å². The van der Waals surface area contributed by atoms with E-state index < -0.39 is 0 Å². The van der Waals surface area contributed by atoms with E-state index in [1.165, 1.54) is 0 Å². The van der Waals surface area contributed by atoms with Gasteiger partial charge >= 0.3 is 0 Å². The lowest BCUT2D eigenvalue weighted by Crippen LogP contribution is -2.34. The number of amides is 1. The molecule has 0 saturated heterocycles. The average molecular weight is 179 g/mol. The summed E-state index contributed by atoms with van der Waals surface area (Å²) in [6.07, 6.45) is 5.98. The van der Waals surface area contributed by atoms with E-state index in [-0.39, 0.29) is 12.5 Å². The third-order valence-electron chi connectivity index (χ3n) is 1.29. The van der Waals surface area contributed by atoms with Gasteiger partial charge in [0, 0.05) is 19.5 Å². The molecule has 2 N–H and O–H groups in total. The fraction of sp³-hybridized carbons (Fsp3) is 0.556. The van der Waals surface area contributed by atoms with Crippen LogP contribution in [0.1, 0.15) is 12.8 Å². The highest BCUT2D eigenvalue weighted by molar-refractivity contribution is 5.77. The molecule has 0 aromatic rings. The second-order valence-electron chi connectivity index (χ2n) is 2.39. The van der Waals surface area contributed by atoms with Crippen molar-refractivity contribution in [2.75, 3.05) is 19.6 Å². The van der Waals surface area contributed by atoms with Crippen molar-refractivity contribution in [3.05, 3.63) is 0 Å². The summed E-state index contributed by atoms with van der Waals surface area (Å²) >= 11 is 0. The second-order valence-corrected chi connectivity index (χ2v) is 2.39. The summed E-state index contributed by atoms with van der Waals surface area (Å²) in [5.74, 6) is 2.35. The molecule has 13 heavy (non-hydrogen) atoms. The largest absolute Gasteiger partial charge is 0.354 e. The molecular weight excluding hydrogens is 166 g/mol. The van der Waals surface area contributed by atoms with E-state index in [1.807, 2.05) is 6.07 Å². The number of carbonyl (C=O) groups excluding carboxylic acids is 1. The summed E-state index contributed by atoms with van der Waals surface area (Å²) in [4.78, 5) is 10.9. The zero-order valence-electron chi connectivity index (χ0n) is 7.47. The molecule has 0 unspecified atom stereocenters. The number of hydrogen-bond donors (Lipinski definition) is 2. The van der Waals surface area contributed by atoms with Gasteiger partial charge in [0.1, 0.15) is 0 Å². The molecule has 4 heteroatoms. The predicted molar refractivity (Wildman–Crippen MR) is 49.6 cm³/mol. The van der Waals surface area contributed by atoms with Gasteiger partial charge < -0.3 is 10.6 Å². The Morgan fingerprint density at radius 3 is 2.77 bits per heavy atom. The molecule has 0 spiro atoms. The summed E-state index contributed by atoms with van der Waals surface area (Å²) < 4.78 is 0. The van der Waals surface area contributed by atoms with Crippen molar-refractivity contribution in [2.45, 2.75) is 12.8 Å². The molecule has 0 aromatic heterocycles. The molecule has 0 aliphatic carbocycles. The van der Waals surface area contributed by atoms with Gasteiger partial charge in [-0.15, -0.1) is 12.3 Å². The molecule has 0 saturated carbocycles. The van der Waals surface area contributed by atoms with E-state index in [0.717, 1.165) is 0 Å². The Morgan fingerprint density at radius 2 is 2.15 bits per heavy atom. The summed E-state index contributed by atoms with van der Waals surface area (Å²) in [6, 6.07) is 1.94. The SMILES string of the molecule is C#CCCNCC(=O)NCCC#N. The van der Waals surface area contributed by atoms with Crippen molar-refractivity contribution in [1.82, 2.24) is 10.6 Å². The van der Waals surface area contributed by atoms with Crippen LogP contribution in [0.2, 0.25) is 0 Å². The van der Waals surface area contributed by atoms with Crippen LogP contribution < -0.4 is 10.6 Å². The Kier molecular flexibility index (Phi) is 7.57. The fourth-order valence-electron chi connectivity index (χ4n) is 0.683. The Morgan fingerprint density at radius 1 is 1.38 bits per heavy atom. The van der Waals surface area contributed by atoms with Gasteiger partial charge in [0.15, 0.2) is 0 Å². The highest BCUT2D eigenvalue weighted by Gasteiger charge is 1.97. The molecule has 0 heterocycles. The van der Waals surface area contributed by atoms with E-state index in [1.54, 1.807) is 0 Å². The van der Waals surface area contributed by atoms with Gasteiger partial charge in [0.2, 0.25) is 5.91 Å². The minimum atomic E-state index is -0.104. The standard InChI is InChI=1S/C9H13N3O/c1-2-3-6-11-8-9(13)12-7-4-5-10/h1,11H,3-4,6-8H2,(H,12,13). The topological polar surface area (TPSA) is 64.9 Å². The van der Waals surface area contributed by atoms with Crippen LogP contribution in [0.5, 0.6) is 0 Å². The predicted octanol–water partition coefficient (Wildman–Crippen LogP) is -0.371. The van der Waals surface area contributed by atoms with E-state index in [4.69, 9.17) is 11.7 Å². The van der Waals surface area contributed by atoms with Gasteiger partial charge in [-0.05, 0) is 0 Å². The van der Waals surface area contributed by atoms with Crippen LogP contribution >= 0.6 is 0 Å². The lowest BCUT2D eigenvalue weighted by atomic mass is 10.4. The molecule has 0 atom stereocenters. The quantitative estimate of drug-likeness (QED) is 0.432. The zero-order valence-corrected chi connectivity index (χ0v) is 7.47. The highest BCUT2D eigenvalue weighted by atomic mass is 16.1. The van der Waals surface area contributed by atoms with Gasteiger partial charge in [0.25, 0.3) is 0 Å². The number of nitrogens with one attached hydrogen (secondary N) is 2. The fourth-order valence-corrected chi connectivity index (χ4v) is 0.683. The van der Waals surface area contributed by atoms with E-state index in [9.17, 15) is 4.79 Å². The van der Waals surface area contributed by atoms with Crippen molar-refractivity contribution >= 4 is 5.91 Å². The maximum Gasteiger partial charge on any atom is 0.233 e. The van der Waals surface area contributed by atoms with Crippen LogP contribution in [-0.2, 0) is 4.79 Å². The van der Waals surface area contributed by atoms with E-state index in [0.29, 0.717) is 25.9 Å². The first kappa shape index (κ1) is 11.5. The number of carbonyl (C=O) groups is 1. The summed E-state index contributed by atoms with van der Waals surface area (Å²) in [6.45, 7) is 1.31. The molecule has 0 aromatic carbocycles. The smallest absolute Gasteiger partial charge is 0.233 e. The first-order chi connectivity index (χ1) is 6.31. The third-order valence-corrected chi connectivity index (χ3v) is 1.29. The maximum absolute atomic E-state index is 10.9. The van der Waals surface area contributed by atoms with Crippen molar-refractivity contribution in [3.63, 3.8) is 0 Å². The minimum Gasteiger partial charge on any atom is -0.354 e. The molecule has 4 nitrogen and oxygen atoms in total. The van der Waals surface area contributed by atoms with Gasteiger partial charge in [-0.1, -0.05) is 0 Å². The normalized spacial score (nSPS) is 8.46. The average Bonchev–Trinajstić information content (AvgIpc) is 2.13.